The molecule has 0 radical (unpaired) electrons. The van der Waals surface area contributed by atoms with Crippen LogP contribution < -0.4 is 16.0 Å². The minimum Gasteiger partial charge on any atom is -0.392 e. The molecular weight excluding hydrogens is 530 g/mol. The van der Waals surface area contributed by atoms with Crippen molar-refractivity contribution in [2.45, 2.75) is 59.2 Å². The molecule has 0 saturated carbocycles. The number of likely N-dealkylation sites (tertiary alicyclic amines) is 1. The molecule has 3 aromatic rings. The van der Waals surface area contributed by atoms with Crippen molar-refractivity contribution >= 4 is 11.6 Å². The molecule has 3 unspecified atom stereocenters. The van der Waals surface area contributed by atoms with Crippen molar-refractivity contribution in [1.29, 1.82) is 0 Å². The molecule has 1 amide bonds. The maximum atomic E-state index is 13.0. The van der Waals surface area contributed by atoms with Gasteiger partial charge >= 0.3 is 0 Å². The Kier molecular flexibility index (Phi) is 9.81. The highest BCUT2D eigenvalue weighted by Gasteiger charge is 2.34. The Hall–Kier alpha value is -3.41. The van der Waals surface area contributed by atoms with E-state index in [9.17, 15) is 9.90 Å². The SMILES string of the molecule is CCC1CNCCC1CNC(=O)c1cccc(NCc2nnc(-c3ccncn3)n2CCN2CCC(O)C(C)(C)C2)c1. The zero-order valence-corrected chi connectivity index (χ0v) is 25.1. The van der Waals surface area contributed by atoms with Gasteiger partial charge in [-0.15, -0.1) is 10.2 Å². The maximum Gasteiger partial charge on any atom is 0.251 e. The van der Waals surface area contributed by atoms with Crippen molar-refractivity contribution in [2.75, 3.05) is 44.6 Å². The molecule has 11 nitrogen and oxygen atoms in total. The Balaban J connectivity index is 1.24. The summed E-state index contributed by atoms with van der Waals surface area (Å²) in [5, 5.41) is 29.5. The first-order valence-corrected chi connectivity index (χ1v) is 15.3. The lowest BCUT2D eigenvalue weighted by atomic mass is 9.81. The van der Waals surface area contributed by atoms with Gasteiger partial charge in [-0.2, -0.15) is 0 Å². The summed E-state index contributed by atoms with van der Waals surface area (Å²) in [6, 6.07) is 9.45. The lowest BCUT2D eigenvalue weighted by Gasteiger charge is -2.41. The van der Waals surface area contributed by atoms with E-state index in [-0.39, 0.29) is 17.4 Å². The monoisotopic (exact) mass is 575 g/mol. The van der Waals surface area contributed by atoms with E-state index in [2.05, 4.69) is 66.4 Å². The van der Waals surface area contributed by atoms with E-state index >= 15 is 0 Å². The van der Waals surface area contributed by atoms with E-state index in [0.717, 1.165) is 69.2 Å². The standard InChI is InChI=1S/C31H45N9O2/c1-4-22-17-32-11-8-24(22)18-35-30(42)23-6-5-7-25(16-23)34-19-28-37-38-29(26-9-12-33-21-36-26)40(28)15-14-39-13-10-27(41)31(2,3)20-39/h5-7,9,12,16,21-22,24,27,32,34,41H,4,8,10-11,13-15,17-20H2,1-3H3,(H,35,42). The Morgan fingerprint density at radius 3 is 2.83 bits per heavy atom. The first kappa shape index (κ1) is 30.1. The molecule has 0 aliphatic carbocycles. The Morgan fingerprint density at radius 2 is 2.05 bits per heavy atom. The fourth-order valence-corrected chi connectivity index (χ4v) is 6.20. The molecule has 2 aliphatic rings. The topological polar surface area (TPSA) is 133 Å². The minimum atomic E-state index is -0.282. The van der Waals surface area contributed by atoms with Crippen LogP contribution in [0.1, 0.15) is 56.2 Å². The lowest BCUT2D eigenvalue weighted by molar-refractivity contribution is -0.0251. The number of rotatable bonds is 11. The van der Waals surface area contributed by atoms with Crippen molar-refractivity contribution in [2.24, 2.45) is 17.3 Å². The summed E-state index contributed by atoms with van der Waals surface area (Å²) in [5.41, 5.74) is 2.06. The predicted octanol–water partition coefficient (Wildman–Crippen LogP) is 2.81. The molecule has 3 atom stereocenters. The second-order valence-electron chi connectivity index (χ2n) is 12.3. The first-order chi connectivity index (χ1) is 20.3. The number of piperidine rings is 2. The fraction of sp³-hybridized carbons (Fsp3) is 0.581. The molecule has 2 saturated heterocycles. The molecule has 2 aromatic heterocycles. The first-order valence-electron chi connectivity index (χ1n) is 15.3. The normalized spacial score (nSPS) is 22.5. The quantitative estimate of drug-likeness (QED) is 0.272. The van der Waals surface area contributed by atoms with Crippen LogP contribution in [-0.2, 0) is 13.1 Å². The third-order valence-electron chi connectivity index (χ3n) is 8.92. The number of benzene rings is 1. The molecule has 0 spiro atoms. The minimum absolute atomic E-state index is 0.0455. The van der Waals surface area contributed by atoms with Gasteiger partial charge in [0, 0.05) is 55.6 Å². The van der Waals surface area contributed by atoms with Gasteiger partial charge in [0.15, 0.2) is 11.6 Å². The van der Waals surface area contributed by atoms with Crippen LogP contribution in [0.3, 0.4) is 0 Å². The Morgan fingerprint density at radius 1 is 1.17 bits per heavy atom. The van der Waals surface area contributed by atoms with E-state index in [1.54, 1.807) is 6.20 Å². The van der Waals surface area contributed by atoms with Crippen LogP contribution in [0.4, 0.5) is 5.69 Å². The number of nitrogens with zero attached hydrogens (tertiary/aromatic N) is 6. The van der Waals surface area contributed by atoms with E-state index < -0.39 is 0 Å². The highest BCUT2D eigenvalue weighted by molar-refractivity contribution is 5.95. The molecule has 42 heavy (non-hydrogen) atoms. The van der Waals surface area contributed by atoms with E-state index in [0.29, 0.717) is 42.9 Å². The summed E-state index contributed by atoms with van der Waals surface area (Å²) < 4.78 is 2.10. The third kappa shape index (κ3) is 7.32. The zero-order valence-electron chi connectivity index (χ0n) is 25.1. The van der Waals surface area contributed by atoms with Crippen LogP contribution in [0.5, 0.6) is 0 Å². The number of carbonyl (C=O) groups excluding carboxylic acids is 1. The molecule has 11 heteroatoms. The summed E-state index contributed by atoms with van der Waals surface area (Å²) in [7, 11) is 0. The number of anilines is 1. The van der Waals surface area contributed by atoms with Crippen molar-refractivity contribution in [3.63, 3.8) is 0 Å². The van der Waals surface area contributed by atoms with Gasteiger partial charge in [-0.1, -0.05) is 33.3 Å². The van der Waals surface area contributed by atoms with Gasteiger partial charge in [0.05, 0.1) is 12.6 Å². The summed E-state index contributed by atoms with van der Waals surface area (Å²) in [6.07, 6.45) is 5.92. The van der Waals surface area contributed by atoms with Crippen molar-refractivity contribution in [3.05, 3.63) is 54.2 Å². The second-order valence-corrected chi connectivity index (χ2v) is 12.3. The molecule has 0 bridgehead atoms. The van der Waals surface area contributed by atoms with Gasteiger partial charge in [-0.25, -0.2) is 9.97 Å². The molecule has 5 rings (SSSR count). The number of aromatic nitrogens is 5. The smallest absolute Gasteiger partial charge is 0.251 e. The van der Waals surface area contributed by atoms with E-state index in [4.69, 9.17) is 0 Å². The van der Waals surface area contributed by atoms with Crippen molar-refractivity contribution in [3.8, 4) is 11.5 Å². The summed E-state index contributed by atoms with van der Waals surface area (Å²) in [6.45, 7) is 12.8. The molecule has 1 aromatic carbocycles. The average Bonchev–Trinajstić information content (AvgIpc) is 3.42. The number of hydrogen-bond acceptors (Lipinski definition) is 9. The highest BCUT2D eigenvalue weighted by Crippen LogP contribution is 2.29. The predicted molar refractivity (Wildman–Crippen MR) is 163 cm³/mol. The summed E-state index contributed by atoms with van der Waals surface area (Å²) in [4.78, 5) is 23.9. The highest BCUT2D eigenvalue weighted by atomic mass is 16.3. The maximum absolute atomic E-state index is 13.0. The van der Waals surface area contributed by atoms with Gasteiger partial charge in [-0.3, -0.25) is 4.79 Å². The number of nitrogens with one attached hydrogen (secondary N) is 3. The van der Waals surface area contributed by atoms with Gasteiger partial charge in [-0.05, 0) is 62.0 Å². The largest absolute Gasteiger partial charge is 0.392 e. The van der Waals surface area contributed by atoms with E-state index in [1.165, 1.54) is 6.33 Å². The van der Waals surface area contributed by atoms with Crippen LogP contribution in [-0.4, -0.2) is 86.0 Å². The number of aliphatic hydroxyl groups excluding tert-OH is 1. The number of amides is 1. The van der Waals surface area contributed by atoms with Crippen LogP contribution >= 0.6 is 0 Å². The average molecular weight is 576 g/mol. The van der Waals surface area contributed by atoms with Crippen molar-refractivity contribution < 1.29 is 9.90 Å². The molecule has 4 N–H and O–H groups in total. The molecule has 2 fully saturated rings. The molecule has 4 heterocycles. The van der Waals surface area contributed by atoms with Gasteiger partial charge in [0.2, 0.25) is 0 Å². The van der Waals surface area contributed by atoms with Gasteiger partial charge in [0.25, 0.3) is 5.91 Å². The van der Waals surface area contributed by atoms with Gasteiger partial charge in [0.1, 0.15) is 12.0 Å². The van der Waals surface area contributed by atoms with Crippen LogP contribution in [0.25, 0.3) is 11.5 Å². The third-order valence-corrected chi connectivity index (χ3v) is 8.92. The number of hydrogen-bond donors (Lipinski definition) is 4. The zero-order chi connectivity index (χ0) is 29.5. The van der Waals surface area contributed by atoms with Crippen molar-refractivity contribution in [1.82, 2.24) is 40.3 Å². The van der Waals surface area contributed by atoms with Crippen LogP contribution in [0.2, 0.25) is 0 Å². The fourth-order valence-electron chi connectivity index (χ4n) is 6.20. The Labute approximate surface area is 248 Å². The molecule has 2 aliphatic heterocycles. The summed E-state index contributed by atoms with van der Waals surface area (Å²) >= 11 is 0. The van der Waals surface area contributed by atoms with Crippen LogP contribution in [0.15, 0.2) is 42.9 Å². The van der Waals surface area contributed by atoms with Gasteiger partial charge < -0.3 is 30.5 Å². The summed E-state index contributed by atoms with van der Waals surface area (Å²) in [5.74, 6) is 2.55. The number of carbonyl (C=O) groups is 1. The number of aliphatic hydroxyl groups is 1. The Bertz CT molecular complexity index is 1310. The second kappa shape index (κ2) is 13.7. The lowest BCUT2D eigenvalue weighted by Crippen LogP contribution is -2.49. The molecule has 226 valence electrons. The molecular formula is C31H45N9O2. The van der Waals surface area contributed by atoms with E-state index in [1.807, 2.05) is 30.3 Å². The van der Waals surface area contributed by atoms with Crippen LogP contribution in [0, 0.1) is 17.3 Å².